The maximum absolute atomic E-state index is 12.2. The molecule has 0 aromatic heterocycles. The smallest absolute Gasteiger partial charge is 0.455 e. The van der Waals surface area contributed by atoms with Crippen molar-refractivity contribution in [1.29, 1.82) is 0 Å². The minimum atomic E-state index is -5.12. The van der Waals surface area contributed by atoms with E-state index in [9.17, 15) is 22.8 Å². The zero-order valence-corrected chi connectivity index (χ0v) is 8.54. The second-order valence-corrected chi connectivity index (χ2v) is 3.05. The van der Waals surface area contributed by atoms with Gasteiger partial charge in [0.1, 0.15) is 5.75 Å². The van der Waals surface area contributed by atoms with E-state index in [0.717, 1.165) is 19.2 Å². The van der Waals surface area contributed by atoms with Gasteiger partial charge in [0.2, 0.25) is 0 Å². The molecule has 0 radical (unpaired) electrons. The molecule has 4 nitrogen and oxygen atoms in total. The molecule has 0 spiro atoms. The van der Waals surface area contributed by atoms with Crippen molar-refractivity contribution in [2.24, 2.45) is 0 Å². The Labute approximate surface area is 93.6 Å². The molecule has 92 valence electrons. The quantitative estimate of drug-likeness (QED) is 0.641. The van der Waals surface area contributed by atoms with Crippen LogP contribution in [0.25, 0.3) is 0 Å². The molecule has 17 heavy (non-hydrogen) atoms. The zero-order chi connectivity index (χ0) is 13.2. The second kappa shape index (κ2) is 4.44. The van der Waals surface area contributed by atoms with E-state index >= 15 is 0 Å². The summed E-state index contributed by atoms with van der Waals surface area (Å²) in [7, 11) is 1.04. The van der Waals surface area contributed by atoms with Crippen LogP contribution in [0.15, 0.2) is 18.2 Å². The third-order valence-corrected chi connectivity index (χ3v) is 1.92. The number of halogens is 3. The van der Waals surface area contributed by atoms with E-state index in [1.54, 1.807) is 0 Å². The molecule has 1 aromatic rings. The molecule has 0 bridgehead atoms. The Morgan fingerprint density at radius 1 is 1.29 bits per heavy atom. The Balaban J connectivity index is 3.25. The van der Waals surface area contributed by atoms with Gasteiger partial charge in [-0.2, -0.15) is 13.2 Å². The summed E-state index contributed by atoms with van der Waals surface area (Å²) in [6, 6.07) is 2.51. The van der Waals surface area contributed by atoms with Crippen molar-refractivity contribution in [2.45, 2.75) is 6.18 Å². The first-order chi connectivity index (χ1) is 7.77. The molecule has 1 aromatic carbocycles. The number of Topliss-reactive ketones (excluding diaryl/α,β-unsaturated/α-hetero) is 1. The number of phenols is 1. The van der Waals surface area contributed by atoms with Crippen LogP contribution < -0.4 is 0 Å². The lowest BCUT2D eigenvalue weighted by atomic mass is 10.1. The molecule has 0 heterocycles. The van der Waals surface area contributed by atoms with Crippen LogP contribution in [0.5, 0.6) is 5.75 Å². The van der Waals surface area contributed by atoms with Crippen LogP contribution in [0.4, 0.5) is 13.2 Å². The van der Waals surface area contributed by atoms with E-state index in [1.165, 1.54) is 0 Å². The van der Waals surface area contributed by atoms with Crippen LogP contribution in [0.3, 0.4) is 0 Å². The van der Waals surface area contributed by atoms with Gasteiger partial charge in [-0.3, -0.25) is 4.79 Å². The van der Waals surface area contributed by atoms with Crippen molar-refractivity contribution in [3.8, 4) is 5.75 Å². The highest BCUT2D eigenvalue weighted by atomic mass is 19.4. The Bertz CT molecular complexity index is 465. The van der Waals surface area contributed by atoms with E-state index in [-0.39, 0.29) is 5.56 Å². The average Bonchev–Trinajstić information content (AvgIpc) is 2.26. The molecule has 0 aliphatic rings. The number of hydrogen-bond acceptors (Lipinski definition) is 4. The van der Waals surface area contributed by atoms with E-state index < -0.39 is 29.2 Å². The maximum atomic E-state index is 12.2. The third-order valence-electron chi connectivity index (χ3n) is 1.92. The van der Waals surface area contributed by atoms with Crippen molar-refractivity contribution in [3.05, 3.63) is 29.3 Å². The molecular weight excluding hydrogens is 241 g/mol. The lowest BCUT2D eigenvalue weighted by molar-refractivity contribution is -0.0886. The highest BCUT2D eigenvalue weighted by Gasteiger charge is 2.40. The van der Waals surface area contributed by atoms with Crippen molar-refractivity contribution < 1.29 is 32.6 Å². The van der Waals surface area contributed by atoms with Crippen LogP contribution >= 0.6 is 0 Å². The van der Waals surface area contributed by atoms with E-state index in [2.05, 4.69) is 4.74 Å². The highest BCUT2D eigenvalue weighted by molar-refractivity contribution is 6.04. The van der Waals surface area contributed by atoms with Crippen molar-refractivity contribution in [3.63, 3.8) is 0 Å². The van der Waals surface area contributed by atoms with Crippen LogP contribution in [-0.4, -0.2) is 30.1 Å². The number of ketones is 1. The number of methoxy groups -OCH3 is 1. The van der Waals surface area contributed by atoms with Crippen LogP contribution in [0.2, 0.25) is 0 Å². The first-order valence-electron chi connectivity index (χ1n) is 4.30. The topological polar surface area (TPSA) is 63.6 Å². The molecule has 0 aliphatic carbocycles. The minimum absolute atomic E-state index is 0.252. The Morgan fingerprint density at radius 3 is 2.35 bits per heavy atom. The average molecular weight is 248 g/mol. The maximum Gasteiger partial charge on any atom is 0.455 e. The molecule has 0 fully saturated rings. The number of alkyl halides is 3. The number of carbonyl (C=O) groups excluding carboxylic acids is 2. The fourth-order valence-corrected chi connectivity index (χ4v) is 1.12. The van der Waals surface area contributed by atoms with Gasteiger partial charge in [-0.25, -0.2) is 4.79 Å². The summed E-state index contributed by atoms with van der Waals surface area (Å²) in [5.74, 6) is -3.97. The van der Waals surface area contributed by atoms with Crippen molar-refractivity contribution in [2.75, 3.05) is 7.11 Å². The van der Waals surface area contributed by atoms with Crippen molar-refractivity contribution >= 4 is 11.8 Å². The van der Waals surface area contributed by atoms with Gasteiger partial charge >= 0.3 is 12.1 Å². The van der Waals surface area contributed by atoms with Gasteiger partial charge in [-0.1, -0.05) is 0 Å². The summed E-state index contributed by atoms with van der Waals surface area (Å²) in [4.78, 5) is 22.0. The largest absolute Gasteiger partial charge is 0.507 e. The summed E-state index contributed by atoms with van der Waals surface area (Å²) in [5, 5.41) is 9.15. The van der Waals surface area contributed by atoms with Crippen LogP contribution in [0, 0.1) is 0 Å². The van der Waals surface area contributed by atoms with E-state index in [4.69, 9.17) is 5.11 Å². The van der Waals surface area contributed by atoms with Gasteiger partial charge in [0.05, 0.1) is 18.2 Å². The molecule has 0 atom stereocenters. The van der Waals surface area contributed by atoms with Crippen LogP contribution in [-0.2, 0) is 4.74 Å². The lowest BCUT2D eigenvalue weighted by Crippen LogP contribution is -2.23. The third kappa shape index (κ3) is 2.74. The summed E-state index contributed by atoms with van der Waals surface area (Å²) >= 11 is 0. The number of phenolic OH excluding ortho intramolecular Hbond substituents is 1. The molecule has 1 N–H and O–H groups in total. The number of benzene rings is 1. The number of ether oxygens (including phenoxy) is 1. The van der Waals surface area contributed by atoms with Gasteiger partial charge in [-0.05, 0) is 18.2 Å². The molecule has 7 heteroatoms. The summed E-state index contributed by atoms with van der Waals surface area (Å²) in [6.45, 7) is 0. The highest BCUT2D eigenvalue weighted by Crippen LogP contribution is 2.27. The van der Waals surface area contributed by atoms with Gasteiger partial charge in [0.25, 0.3) is 5.78 Å². The molecule has 0 saturated heterocycles. The zero-order valence-electron chi connectivity index (χ0n) is 8.54. The molecule has 0 amide bonds. The minimum Gasteiger partial charge on any atom is -0.507 e. The van der Waals surface area contributed by atoms with Gasteiger partial charge < -0.3 is 9.84 Å². The fourth-order valence-electron chi connectivity index (χ4n) is 1.12. The number of aromatic hydroxyl groups is 1. The normalized spacial score (nSPS) is 11.1. The fraction of sp³-hybridized carbons (Fsp3) is 0.200. The van der Waals surface area contributed by atoms with Crippen molar-refractivity contribution in [1.82, 2.24) is 0 Å². The predicted molar refractivity (Wildman–Crippen MR) is 49.8 cm³/mol. The number of esters is 1. The van der Waals surface area contributed by atoms with E-state index in [0.29, 0.717) is 6.07 Å². The summed E-state index contributed by atoms with van der Waals surface area (Å²) < 4.78 is 40.7. The second-order valence-electron chi connectivity index (χ2n) is 3.05. The summed E-state index contributed by atoms with van der Waals surface area (Å²) in [5.41, 5.74) is -1.24. The molecule has 0 aliphatic heterocycles. The SMILES string of the molecule is COC(=O)c1ccc(O)c(C(=O)C(F)(F)F)c1. The number of hydrogen-bond donors (Lipinski definition) is 1. The van der Waals surface area contributed by atoms with Crippen LogP contribution in [0.1, 0.15) is 20.7 Å². The first-order valence-corrected chi connectivity index (χ1v) is 4.30. The number of rotatable bonds is 2. The first kappa shape index (κ1) is 13.0. The summed E-state index contributed by atoms with van der Waals surface area (Å²) in [6.07, 6.45) is -5.12. The standard InChI is InChI=1S/C10H7F3O4/c1-17-9(16)5-2-3-7(14)6(4-5)8(15)10(11,12)13/h2-4,14H,1H3. The lowest BCUT2D eigenvalue weighted by Gasteiger charge is -2.08. The molecule has 0 unspecified atom stereocenters. The van der Waals surface area contributed by atoms with Gasteiger partial charge in [0, 0.05) is 0 Å². The monoisotopic (exact) mass is 248 g/mol. The Morgan fingerprint density at radius 2 is 1.88 bits per heavy atom. The molecule has 1 rings (SSSR count). The molecule has 0 saturated carbocycles. The Hall–Kier alpha value is -2.05. The predicted octanol–water partition coefficient (Wildman–Crippen LogP) is 1.92. The molecular formula is C10H7F3O4. The number of carbonyl (C=O) groups is 2. The van der Waals surface area contributed by atoms with Gasteiger partial charge in [0.15, 0.2) is 0 Å². The van der Waals surface area contributed by atoms with Gasteiger partial charge in [-0.15, -0.1) is 0 Å². The Kier molecular flexibility index (Phi) is 3.40. The van der Waals surface area contributed by atoms with E-state index in [1.807, 2.05) is 0 Å².